The zero-order valence-electron chi connectivity index (χ0n) is 13.4. The average Bonchev–Trinajstić information content (AvgIpc) is 2.72. The number of Topliss-reactive ketones (excluding diaryl/α,β-unsaturated/α-hetero) is 1. The third-order valence-electron chi connectivity index (χ3n) is 6.58. The third kappa shape index (κ3) is 2.19. The molecule has 3 atom stereocenters. The molecule has 3 fully saturated rings. The van der Waals surface area contributed by atoms with Crippen molar-refractivity contribution in [3.05, 3.63) is 0 Å². The van der Waals surface area contributed by atoms with Gasteiger partial charge in [0, 0.05) is 24.9 Å². The van der Waals surface area contributed by atoms with Gasteiger partial charge in [0.05, 0.1) is 5.75 Å². The Labute approximate surface area is 128 Å². The Kier molecular flexibility index (Phi) is 3.53. The van der Waals surface area contributed by atoms with E-state index in [-0.39, 0.29) is 17.0 Å². The summed E-state index contributed by atoms with van der Waals surface area (Å²) in [5.41, 5.74) is -0.796. The molecular weight excluding hydrogens is 286 g/mol. The highest BCUT2D eigenvalue weighted by Crippen LogP contribution is 2.64. The molecule has 3 aliphatic rings. The molecule has 4 nitrogen and oxygen atoms in total. The number of hydrogen-bond acceptors (Lipinski definition) is 3. The molecular formula is C16H27NO3S. The van der Waals surface area contributed by atoms with Crippen LogP contribution in [0.2, 0.25) is 0 Å². The highest BCUT2D eigenvalue weighted by Gasteiger charge is 2.65. The average molecular weight is 313 g/mol. The SMILES string of the molecule is C[C@H]1CCCN(S(=O)(=O)C[C@@]23CC[C@@H](CC2=O)C3(C)C)C1. The molecule has 0 aromatic rings. The van der Waals surface area contributed by atoms with Crippen LogP contribution in [0.5, 0.6) is 0 Å². The Morgan fingerprint density at radius 2 is 2.00 bits per heavy atom. The van der Waals surface area contributed by atoms with Gasteiger partial charge in [-0.15, -0.1) is 0 Å². The van der Waals surface area contributed by atoms with Crippen LogP contribution < -0.4 is 0 Å². The first-order chi connectivity index (χ1) is 9.69. The molecule has 0 aromatic carbocycles. The molecule has 0 amide bonds. The van der Waals surface area contributed by atoms with Gasteiger partial charge < -0.3 is 0 Å². The number of fused-ring (bicyclic) bond motifs is 2. The number of hydrogen-bond donors (Lipinski definition) is 0. The van der Waals surface area contributed by atoms with E-state index in [0.29, 0.717) is 31.3 Å². The summed E-state index contributed by atoms with van der Waals surface area (Å²) in [5, 5.41) is 0. The van der Waals surface area contributed by atoms with Gasteiger partial charge in [-0.3, -0.25) is 4.79 Å². The summed E-state index contributed by atoms with van der Waals surface area (Å²) >= 11 is 0. The number of nitrogens with zero attached hydrogens (tertiary/aromatic N) is 1. The fourth-order valence-corrected chi connectivity index (χ4v) is 7.28. The number of carbonyl (C=O) groups is 1. The van der Waals surface area contributed by atoms with Crippen LogP contribution in [-0.4, -0.2) is 37.3 Å². The van der Waals surface area contributed by atoms with Crippen LogP contribution in [-0.2, 0) is 14.8 Å². The van der Waals surface area contributed by atoms with Crippen molar-refractivity contribution >= 4 is 15.8 Å². The summed E-state index contributed by atoms with van der Waals surface area (Å²) in [6.45, 7) is 7.56. The Morgan fingerprint density at radius 3 is 2.52 bits per heavy atom. The Hall–Kier alpha value is -0.420. The molecule has 0 N–H and O–H groups in total. The minimum Gasteiger partial charge on any atom is -0.299 e. The monoisotopic (exact) mass is 313 g/mol. The van der Waals surface area contributed by atoms with Crippen LogP contribution >= 0.6 is 0 Å². The van der Waals surface area contributed by atoms with Crippen LogP contribution in [0.3, 0.4) is 0 Å². The lowest BCUT2D eigenvalue weighted by atomic mass is 9.70. The second kappa shape index (κ2) is 4.79. The van der Waals surface area contributed by atoms with Gasteiger partial charge >= 0.3 is 0 Å². The van der Waals surface area contributed by atoms with Gasteiger partial charge in [-0.05, 0) is 42.9 Å². The normalized spacial score (nSPS) is 39.9. The van der Waals surface area contributed by atoms with Gasteiger partial charge in [-0.2, -0.15) is 0 Å². The lowest BCUT2D eigenvalue weighted by Crippen LogP contribution is -2.48. The molecule has 0 unspecified atom stereocenters. The van der Waals surface area contributed by atoms with Crippen molar-refractivity contribution < 1.29 is 13.2 Å². The molecule has 1 aliphatic heterocycles. The standard InChI is InChI=1S/C16H27NO3S/c1-12-5-4-8-17(10-12)21(19,20)11-16-7-6-13(9-14(16)18)15(16,2)3/h12-13H,4-11H2,1-3H3/t12-,13-,16-/m0/s1. The van der Waals surface area contributed by atoms with E-state index in [1.807, 2.05) is 0 Å². The van der Waals surface area contributed by atoms with Gasteiger partial charge in [0.1, 0.15) is 5.78 Å². The smallest absolute Gasteiger partial charge is 0.215 e. The largest absolute Gasteiger partial charge is 0.299 e. The molecule has 0 aromatic heterocycles. The first-order valence-electron chi connectivity index (χ1n) is 8.20. The first kappa shape index (κ1) is 15.5. The van der Waals surface area contributed by atoms with Gasteiger partial charge in [0.15, 0.2) is 0 Å². The van der Waals surface area contributed by atoms with E-state index in [2.05, 4.69) is 20.8 Å². The maximum atomic E-state index is 12.9. The fraction of sp³-hybridized carbons (Fsp3) is 0.938. The van der Waals surface area contributed by atoms with Crippen LogP contribution in [0, 0.1) is 22.7 Å². The Balaban J connectivity index is 1.86. The van der Waals surface area contributed by atoms with Gasteiger partial charge in [0.25, 0.3) is 0 Å². The lowest BCUT2D eigenvalue weighted by molar-refractivity contribution is -0.128. The Bertz CT molecular complexity index is 554. The van der Waals surface area contributed by atoms with E-state index in [1.54, 1.807) is 4.31 Å². The molecule has 21 heavy (non-hydrogen) atoms. The molecule has 1 saturated heterocycles. The van der Waals surface area contributed by atoms with E-state index in [0.717, 1.165) is 25.7 Å². The van der Waals surface area contributed by atoms with Crippen molar-refractivity contribution in [1.29, 1.82) is 0 Å². The summed E-state index contributed by atoms with van der Waals surface area (Å²) in [4.78, 5) is 12.5. The summed E-state index contributed by atoms with van der Waals surface area (Å²) < 4.78 is 27.4. The number of rotatable bonds is 3. The molecule has 0 spiro atoms. The second-order valence-corrected chi connectivity index (χ2v) is 10.00. The number of piperidine rings is 1. The Morgan fingerprint density at radius 1 is 1.29 bits per heavy atom. The molecule has 1 heterocycles. The van der Waals surface area contributed by atoms with Gasteiger partial charge in [-0.1, -0.05) is 20.8 Å². The zero-order valence-corrected chi connectivity index (χ0v) is 14.2. The number of ketones is 1. The molecule has 2 saturated carbocycles. The molecule has 2 bridgehead atoms. The van der Waals surface area contributed by atoms with Crippen molar-refractivity contribution in [2.75, 3.05) is 18.8 Å². The fourth-order valence-electron chi connectivity index (χ4n) is 4.91. The highest BCUT2D eigenvalue weighted by atomic mass is 32.2. The van der Waals surface area contributed by atoms with Gasteiger partial charge in [0.2, 0.25) is 10.0 Å². The predicted molar refractivity (Wildman–Crippen MR) is 82.3 cm³/mol. The zero-order chi connectivity index (χ0) is 15.5. The third-order valence-corrected chi connectivity index (χ3v) is 8.56. The van der Waals surface area contributed by atoms with E-state index in [4.69, 9.17) is 0 Å². The van der Waals surface area contributed by atoms with E-state index < -0.39 is 15.4 Å². The minimum atomic E-state index is -3.33. The highest BCUT2D eigenvalue weighted by molar-refractivity contribution is 7.89. The molecule has 2 aliphatic carbocycles. The van der Waals surface area contributed by atoms with E-state index in [9.17, 15) is 13.2 Å². The molecule has 120 valence electrons. The maximum absolute atomic E-state index is 12.9. The van der Waals surface area contributed by atoms with Crippen LogP contribution in [0.25, 0.3) is 0 Å². The summed E-state index contributed by atoms with van der Waals surface area (Å²) in [7, 11) is -3.33. The minimum absolute atomic E-state index is 0.0368. The maximum Gasteiger partial charge on any atom is 0.215 e. The number of carbonyl (C=O) groups excluding carboxylic acids is 1. The summed E-state index contributed by atoms with van der Waals surface area (Å²) in [6, 6.07) is 0. The molecule has 3 rings (SSSR count). The molecule has 0 radical (unpaired) electrons. The van der Waals surface area contributed by atoms with Crippen LogP contribution in [0.15, 0.2) is 0 Å². The number of sulfonamides is 1. The summed E-state index contributed by atoms with van der Waals surface area (Å²) in [6.07, 6.45) is 4.38. The topological polar surface area (TPSA) is 54.5 Å². The quantitative estimate of drug-likeness (QED) is 0.804. The lowest BCUT2D eigenvalue weighted by Gasteiger charge is -2.39. The van der Waals surface area contributed by atoms with Crippen molar-refractivity contribution in [3.8, 4) is 0 Å². The van der Waals surface area contributed by atoms with E-state index in [1.165, 1.54) is 0 Å². The van der Waals surface area contributed by atoms with Crippen LogP contribution in [0.4, 0.5) is 0 Å². The van der Waals surface area contributed by atoms with Gasteiger partial charge in [-0.25, -0.2) is 12.7 Å². The molecule has 5 heteroatoms. The van der Waals surface area contributed by atoms with Crippen molar-refractivity contribution in [1.82, 2.24) is 4.31 Å². The van der Waals surface area contributed by atoms with E-state index >= 15 is 0 Å². The second-order valence-electron chi connectivity index (χ2n) is 8.03. The van der Waals surface area contributed by atoms with Crippen molar-refractivity contribution in [2.45, 2.75) is 52.9 Å². The van der Waals surface area contributed by atoms with Crippen LogP contribution in [0.1, 0.15) is 52.9 Å². The van der Waals surface area contributed by atoms with Crippen molar-refractivity contribution in [3.63, 3.8) is 0 Å². The summed E-state index contributed by atoms with van der Waals surface area (Å²) in [5.74, 6) is 1.03. The van der Waals surface area contributed by atoms with Crippen molar-refractivity contribution in [2.24, 2.45) is 22.7 Å². The predicted octanol–water partition coefficient (Wildman–Crippen LogP) is 2.44. The first-order valence-corrected chi connectivity index (χ1v) is 9.81.